The third-order valence-corrected chi connectivity index (χ3v) is 8.63. The summed E-state index contributed by atoms with van der Waals surface area (Å²) in [6.45, 7) is 1.56. The fourth-order valence-electron chi connectivity index (χ4n) is 4.95. The minimum atomic E-state index is -4.25. The third kappa shape index (κ3) is 5.55. The number of benzene rings is 2. The number of hydrogen-bond acceptors (Lipinski definition) is 8. The van der Waals surface area contributed by atoms with E-state index in [4.69, 9.17) is 13.9 Å². The molecular weight excluding hydrogens is 557 g/mol. The second-order valence-corrected chi connectivity index (χ2v) is 11.5. The van der Waals surface area contributed by atoms with Crippen molar-refractivity contribution in [1.82, 2.24) is 19.7 Å². The monoisotopic (exact) mass is 585 g/mol. The molecular formula is C27H28FN5O7S. The standard InChI is InChI=1S/C27H28FN5O7S/c1-16-7-12-23(40-16)25-29-30-26(33(25)24-21(38-2)5-4-6-22(24)39-3)31-41(36,37)20-13-18(14-32(15-20)27(34)35)17-8-10-19(28)11-9-17/h4-12,18,20H,13-15H2,1-3H3,(H,30,31)(H,34,35). The molecule has 1 aliphatic heterocycles. The lowest BCUT2D eigenvalue weighted by molar-refractivity contribution is 0.131. The predicted octanol–water partition coefficient (Wildman–Crippen LogP) is 4.27. The summed E-state index contributed by atoms with van der Waals surface area (Å²) in [5.41, 5.74) is 0.958. The van der Waals surface area contributed by atoms with Crippen LogP contribution in [0.3, 0.4) is 0 Å². The number of sulfonamides is 1. The number of furan rings is 1. The van der Waals surface area contributed by atoms with Gasteiger partial charge in [-0.1, -0.05) is 18.2 Å². The van der Waals surface area contributed by atoms with Crippen molar-refractivity contribution in [2.24, 2.45) is 0 Å². The van der Waals surface area contributed by atoms with Crippen molar-refractivity contribution in [2.75, 3.05) is 32.0 Å². The highest BCUT2D eigenvalue weighted by Gasteiger charge is 2.39. The molecule has 0 radical (unpaired) electrons. The molecule has 2 unspecified atom stereocenters. The number of likely N-dealkylation sites (tertiary alicyclic amines) is 1. The number of ether oxygens (including phenoxy) is 2. The van der Waals surface area contributed by atoms with Crippen LogP contribution in [0.5, 0.6) is 11.5 Å². The summed E-state index contributed by atoms with van der Waals surface area (Å²) in [5, 5.41) is 16.9. The average Bonchev–Trinajstić information content (AvgIpc) is 3.57. The zero-order valence-corrected chi connectivity index (χ0v) is 23.3. The van der Waals surface area contributed by atoms with Crippen LogP contribution in [0, 0.1) is 12.7 Å². The van der Waals surface area contributed by atoms with Crippen LogP contribution < -0.4 is 14.2 Å². The molecule has 2 aromatic carbocycles. The molecule has 1 saturated heterocycles. The number of rotatable bonds is 8. The molecule has 0 aliphatic carbocycles. The van der Waals surface area contributed by atoms with Gasteiger partial charge in [-0.25, -0.2) is 17.6 Å². The Kier molecular flexibility index (Phi) is 7.58. The van der Waals surface area contributed by atoms with Gasteiger partial charge in [0.1, 0.15) is 28.8 Å². The van der Waals surface area contributed by atoms with Crippen molar-refractivity contribution in [3.63, 3.8) is 0 Å². The van der Waals surface area contributed by atoms with Gasteiger partial charge in [0.25, 0.3) is 0 Å². The first-order valence-corrected chi connectivity index (χ1v) is 14.1. The normalized spacial score (nSPS) is 17.3. The first-order valence-electron chi connectivity index (χ1n) is 12.6. The molecule has 1 amide bonds. The Morgan fingerprint density at radius 1 is 1.05 bits per heavy atom. The summed E-state index contributed by atoms with van der Waals surface area (Å²) < 4.78 is 62.0. The number of para-hydroxylation sites is 1. The van der Waals surface area contributed by atoms with E-state index in [0.29, 0.717) is 34.3 Å². The number of amides is 1. The van der Waals surface area contributed by atoms with E-state index in [0.717, 1.165) is 4.90 Å². The summed E-state index contributed by atoms with van der Waals surface area (Å²) >= 11 is 0. The van der Waals surface area contributed by atoms with Gasteiger partial charge in [0.2, 0.25) is 21.8 Å². The molecule has 41 heavy (non-hydrogen) atoms. The molecule has 2 N–H and O–H groups in total. The lowest BCUT2D eigenvalue weighted by Gasteiger charge is -2.36. The zero-order valence-electron chi connectivity index (χ0n) is 22.4. The van der Waals surface area contributed by atoms with Gasteiger partial charge in [0, 0.05) is 19.0 Å². The van der Waals surface area contributed by atoms with E-state index < -0.39 is 33.1 Å². The minimum Gasteiger partial charge on any atom is -0.494 e. The van der Waals surface area contributed by atoms with Crippen LogP contribution in [-0.2, 0) is 10.0 Å². The fraction of sp³-hybridized carbons (Fsp3) is 0.296. The quantitative estimate of drug-likeness (QED) is 0.309. The van der Waals surface area contributed by atoms with Crippen molar-refractivity contribution in [3.05, 3.63) is 71.7 Å². The number of halogens is 1. The molecule has 2 aromatic heterocycles. The number of nitrogens with one attached hydrogen (secondary N) is 1. The SMILES string of the molecule is COc1cccc(OC)c1-n1c(NS(=O)(=O)C2CC(c3ccc(F)cc3)CN(C(=O)O)C2)nnc1-c1ccc(C)o1. The molecule has 0 bridgehead atoms. The largest absolute Gasteiger partial charge is 0.494 e. The lowest BCUT2D eigenvalue weighted by atomic mass is 9.90. The van der Waals surface area contributed by atoms with E-state index in [1.807, 2.05) is 0 Å². The molecule has 12 nitrogen and oxygen atoms in total. The molecule has 3 heterocycles. The highest BCUT2D eigenvalue weighted by Crippen LogP contribution is 2.39. The second kappa shape index (κ2) is 11.1. The summed E-state index contributed by atoms with van der Waals surface area (Å²) in [7, 11) is -1.33. The first kappa shape index (κ1) is 28.0. The topological polar surface area (TPSA) is 149 Å². The molecule has 4 aromatic rings. The van der Waals surface area contributed by atoms with Crippen molar-refractivity contribution in [2.45, 2.75) is 24.5 Å². The highest BCUT2D eigenvalue weighted by atomic mass is 32.2. The fourth-order valence-corrected chi connectivity index (χ4v) is 6.36. The summed E-state index contributed by atoms with van der Waals surface area (Å²) in [6, 6.07) is 14.1. The van der Waals surface area contributed by atoms with E-state index in [1.165, 1.54) is 43.1 Å². The number of hydrogen-bond donors (Lipinski definition) is 2. The Balaban J connectivity index is 1.57. The highest BCUT2D eigenvalue weighted by molar-refractivity contribution is 7.93. The Labute approximate surface area is 235 Å². The molecule has 5 rings (SSSR count). The van der Waals surface area contributed by atoms with Crippen molar-refractivity contribution in [3.8, 4) is 28.8 Å². The maximum atomic E-state index is 13.8. The van der Waals surface area contributed by atoms with E-state index in [9.17, 15) is 22.7 Å². The van der Waals surface area contributed by atoms with E-state index in [1.54, 1.807) is 37.3 Å². The molecule has 1 fully saturated rings. The Hall–Kier alpha value is -4.59. The zero-order chi connectivity index (χ0) is 29.3. The first-order chi connectivity index (χ1) is 19.6. The summed E-state index contributed by atoms with van der Waals surface area (Å²) in [4.78, 5) is 13.0. The van der Waals surface area contributed by atoms with Gasteiger partial charge in [-0.15, -0.1) is 10.2 Å². The van der Waals surface area contributed by atoms with E-state index >= 15 is 0 Å². The predicted molar refractivity (Wildman–Crippen MR) is 147 cm³/mol. The molecule has 2 atom stereocenters. The number of carbonyl (C=O) groups is 1. The minimum absolute atomic E-state index is 0.0730. The van der Waals surface area contributed by atoms with Crippen LogP contribution in [-0.4, -0.2) is 71.8 Å². The number of methoxy groups -OCH3 is 2. The Morgan fingerprint density at radius 3 is 2.32 bits per heavy atom. The molecule has 1 aliphatic rings. The Morgan fingerprint density at radius 2 is 1.73 bits per heavy atom. The van der Waals surface area contributed by atoms with Gasteiger partial charge in [-0.3, -0.25) is 9.29 Å². The number of anilines is 1. The molecule has 216 valence electrons. The maximum Gasteiger partial charge on any atom is 0.407 e. The van der Waals surface area contributed by atoms with Crippen LogP contribution >= 0.6 is 0 Å². The van der Waals surface area contributed by atoms with Gasteiger partial charge >= 0.3 is 6.09 Å². The van der Waals surface area contributed by atoms with Crippen molar-refractivity contribution < 1.29 is 36.6 Å². The summed E-state index contributed by atoms with van der Waals surface area (Å²) in [5.74, 6) is 0.697. The average molecular weight is 586 g/mol. The van der Waals surface area contributed by atoms with Crippen LogP contribution in [0.2, 0.25) is 0 Å². The van der Waals surface area contributed by atoms with Gasteiger partial charge < -0.3 is 23.9 Å². The van der Waals surface area contributed by atoms with Gasteiger partial charge in [0.05, 0.1) is 19.5 Å². The van der Waals surface area contributed by atoms with Crippen LogP contribution in [0.15, 0.2) is 59.0 Å². The molecule has 0 saturated carbocycles. The lowest BCUT2D eigenvalue weighted by Crippen LogP contribution is -2.49. The van der Waals surface area contributed by atoms with E-state index in [-0.39, 0.29) is 31.3 Å². The Bertz CT molecular complexity index is 1650. The number of nitrogens with zero attached hydrogens (tertiary/aromatic N) is 4. The number of piperidine rings is 1. The van der Waals surface area contributed by atoms with Crippen molar-refractivity contribution >= 4 is 22.1 Å². The third-order valence-electron chi connectivity index (χ3n) is 6.95. The number of carboxylic acid groups (broad SMARTS) is 1. The van der Waals surface area contributed by atoms with E-state index in [2.05, 4.69) is 14.9 Å². The number of aromatic nitrogens is 3. The number of aryl methyl sites for hydroxylation is 1. The molecule has 0 spiro atoms. The van der Waals surface area contributed by atoms with Crippen molar-refractivity contribution in [1.29, 1.82) is 0 Å². The second-order valence-electron chi connectivity index (χ2n) is 9.54. The van der Waals surface area contributed by atoms with Crippen LogP contribution in [0.1, 0.15) is 23.7 Å². The molecule has 14 heteroatoms. The smallest absolute Gasteiger partial charge is 0.407 e. The summed E-state index contributed by atoms with van der Waals surface area (Å²) in [6.07, 6.45) is -1.16. The maximum absolute atomic E-state index is 13.8. The van der Waals surface area contributed by atoms with Gasteiger partial charge in [0.15, 0.2) is 5.76 Å². The van der Waals surface area contributed by atoms with Crippen LogP contribution in [0.4, 0.5) is 15.1 Å². The van der Waals surface area contributed by atoms with Gasteiger partial charge in [-0.2, -0.15) is 0 Å². The van der Waals surface area contributed by atoms with Gasteiger partial charge in [-0.05, 0) is 55.3 Å². The van der Waals surface area contributed by atoms with Crippen LogP contribution in [0.25, 0.3) is 17.3 Å².